The molecule has 4 nitrogen and oxygen atoms in total. The van der Waals surface area contributed by atoms with Gasteiger partial charge in [0.25, 0.3) is 0 Å². The summed E-state index contributed by atoms with van der Waals surface area (Å²) in [6, 6.07) is 9.06. The van der Waals surface area contributed by atoms with Crippen LogP contribution >= 0.6 is 11.8 Å². The van der Waals surface area contributed by atoms with Crippen LogP contribution in [0.15, 0.2) is 24.3 Å². The first kappa shape index (κ1) is 16.7. The van der Waals surface area contributed by atoms with Crippen molar-refractivity contribution in [3.63, 3.8) is 0 Å². The summed E-state index contributed by atoms with van der Waals surface area (Å²) < 4.78 is 5.22. The number of nitrogens with zero attached hydrogens (tertiary/aromatic N) is 1. The molecule has 1 aromatic rings. The minimum absolute atomic E-state index is 0.230. The van der Waals surface area contributed by atoms with E-state index in [0.29, 0.717) is 18.5 Å². The molecule has 5 heteroatoms. The number of hydrogen-bond acceptors (Lipinski definition) is 4. The van der Waals surface area contributed by atoms with Crippen LogP contribution in [0.1, 0.15) is 24.8 Å². The molecule has 0 unspecified atom stereocenters. The SMILES string of the molecule is COc1cccc(CC(=O)N2CCC(N[C@@H]3CCSC3)CC2)c1. The normalized spacial score (nSPS) is 22.3. The second-order valence-corrected chi connectivity index (χ2v) is 7.56. The molecule has 0 bridgehead atoms. The maximum Gasteiger partial charge on any atom is 0.226 e. The Kier molecular flexibility index (Phi) is 5.84. The number of ether oxygens (including phenoxy) is 1. The van der Waals surface area contributed by atoms with Gasteiger partial charge in [0, 0.05) is 30.9 Å². The quantitative estimate of drug-likeness (QED) is 0.897. The van der Waals surface area contributed by atoms with Gasteiger partial charge in [0.1, 0.15) is 5.75 Å². The summed E-state index contributed by atoms with van der Waals surface area (Å²) >= 11 is 2.04. The fraction of sp³-hybridized carbons (Fsp3) is 0.611. The second kappa shape index (κ2) is 8.06. The number of hydrogen-bond donors (Lipinski definition) is 1. The van der Waals surface area contributed by atoms with Crippen molar-refractivity contribution >= 4 is 17.7 Å². The summed E-state index contributed by atoms with van der Waals surface area (Å²) in [5.41, 5.74) is 1.03. The average Bonchev–Trinajstić information content (AvgIpc) is 3.08. The van der Waals surface area contributed by atoms with Crippen molar-refractivity contribution in [1.29, 1.82) is 0 Å². The van der Waals surface area contributed by atoms with E-state index in [-0.39, 0.29) is 5.91 Å². The number of carbonyl (C=O) groups is 1. The molecule has 1 N–H and O–H groups in total. The van der Waals surface area contributed by atoms with Crippen molar-refractivity contribution < 1.29 is 9.53 Å². The molecule has 2 heterocycles. The lowest BCUT2D eigenvalue weighted by Crippen LogP contribution is -2.48. The molecule has 1 aromatic carbocycles. The molecule has 0 aliphatic carbocycles. The molecule has 2 aliphatic heterocycles. The lowest BCUT2D eigenvalue weighted by atomic mass is 10.0. The van der Waals surface area contributed by atoms with Crippen LogP contribution in [0.5, 0.6) is 5.75 Å². The van der Waals surface area contributed by atoms with E-state index in [1.165, 1.54) is 17.9 Å². The van der Waals surface area contributed by atoms with Gasteiger partial charge >= 0.3 is 0 Å². The highest BCUT2D eigenvalue weighted by Crippen LogP contribution is 2.20. The molecular weight excluding hydrogens is 308 g/mol. The Bertz CT molecular complexity index is 524. The largest absolute Gasteiger partial charge is 0.497 e. The zero-order valence-corrected chi connectivity index (χ0v) is 14.6. The summed E-state index contributed by atoms with van der Waals surface area (Å²) in [6.45, 7) is 1.75. The highest BCUT2D eigenvalue weighted by Gasteiger charge is 2.25. The molecule has 126 valence electrons. The lowest BCUT2D eigenvalue weighted by Gasteiger charge is -2.34. The van der Waals surface area contributed by atoms with Crippen LogP contribution in [0.3, 0.4) is 0 Å². The molecule has 0 saturated carbocycles. The average molecular weight is 334 g/mol. The molecule has 1 atom stereocenters. The van der Waals surface area contributed by atoms with E-state index in [0.717, 1.165) is 37.2 Å². The van der Waals surface area contributed by atoms with Crippen molar-refractivity contribution in [3.8, 4) is 5.75 Å². The molecule has 2 fully saturated rings. The molecule has 1 amide bonds. The van der Waals surface area contributed by atoms with E-state index in [1.54, 1.807) is 7.11 Å². The van der Waals surface area contributed by atoms with Crippen LogP contribution in [0, 0.1) is 0 Å². The number of nitrogens with one attached hydrogen (secondary N) is 1. The third-order valence-corrected chi connectivity index (χ3v) is 5.90. The van der Waals surface area contributed by atoms with Crippen molar-refractivity contribution in [2.75, 3.05) is 31.7 Å². The summed E-state index contributed by atoms with van der Waals surface area (Å²) in [6.07, 6.45) is 3.91. The predicted molar refractivity (Wildman–Crippen MR) is 95.2 cm³/mol. The van der Waals surface area contributed by atoms with Gasteiger partial charge in [0.05, 0.1) is 13.5 Å². The number of rotatable bonds is 5. The zero-order valence-electron chi connectivity index (χ0n) is 13.8. The Labute approximate surface area is 143 Å². The Morgan fingerprint density at radius 1 is 1.30 bits per heavy atom. The van der Waals surface area contributed by atoms with E-state index in [1.807, 2.05) is 40.9 Å². The first-order chi connectivity index (χ1) is 11.2. The fourth-order valence-electron chi connectivity index (χ4n) is 3.36. The fourth-order valence-corrected chi connectivity index (χ4v) is 4.53. The van der Waals surface area contributed by atoms with Crippen LogP contribution in [-0.4, -0.2) is 54.6 Å². The van der Waals surface area contributed by atoms with Gasteiger partial charge in [-0.1, -0.05) is 12.1 Å². The van der Waals surface area contributed by atoms with Crippen molar-refractivity contribution in [1.82, 2.24) is 10.2 Å². The van der Waals surface area contributed by atoms with E-state index in [2.05, 4.69) is 5.32 Å². The van der Waals surface area contributed by atoms with Crippen molar-refractivity contribution in [2.24, 2.45) is 0 Å². The minimum Gasteiger partial charge on any atom is -0.497 e. The van der Waals surface area contributed by atoms with Gasteiger partial charge in [-0.25, -0.2) is 0 Å². The van der Waals surface area contributed by atoms with Crippen LogP contribution in [0.4, 0.5) is 0 Å². The Hall–Kier alpha value is -1.20. The standard InChI is InChI=1S/C18H26N2O2S/c1-22-17-4-2-3-14(11-17)12-18(21)20-8-5-15(6-9-20)19-16-7-10-23-13-16/h2-4,11,15-16,19H,5-10,12-13H2,1H3/t16-/m1/s1. The smallest absolute Gasteiger partial charge is 0.226 e. The third-order valence-electron chi connectivity index (χ3n) is 4.74. The second-order valence-electron chi connectivity index (χ2n) is 6.41. The first-order valence-electron chi connectivity index (χ1n) is 8.49. The van der Waals surface area contributed by atoms with E-state index in [9.17, 15) is 4.79 Å². The molecule has 0 spiro atoms. The number of benzene rings is 1. The Morgan fingerprint density at radius 3 is 2.83 bits per heavy atom. The monoisotopic (exact) mass is 334 g/mol. The Morgan fingerprint density at radius 2 is 2.13 bits per heavy atom. The molecule has 2 saturated heterocycles. The highest BCUT2D eigenvalue weighted by atomic mass is 32.2. The van der Waals surface area contributed by atoms with Gasteiger partial charge < -0.3 is 15.0 Å². The van der Waals surface area contributed by atoms with Crippen LogP contribution in [-0.2, 0) is 11.2 Å². The Balaban J connectivity index is 1.45. The van der Waals surface area contributed by atoms with Gasteiger partial charge in [-0.3, -0.25) is 4.79 Å². The number of carbonyl (C=O) groups excluding carboxylic acids is 1. The number of methoxy groups -OCH3 is 1. The maximum absolute atomic E-state index is 12.5. The number of amides is 1. The summed E-state index contributed by atoms with van der Waals surface area (Å²) in [5, 5.41) is 3.77. The minimum atomic E-state index is 0.230. The van der Waals surface area contributed by atoms with Gasteiger partial charge in [-0.2, -0.15) is 11.8 Å². The van der Waals surface area contributed by atoms with Gasteiger partial charge in [0.15, 0.2) is 0 Å². The van der Waals surface area contributed by atoms with Gasteiger partial charge in [0.2, 0.25) is 5.91 Å². The molecular formula is C18H26N2O2S. The van der Waals surface area contributed by atoms with Crippen LogP contribution in [0.2, 0.25) is 0 Å². The first-order valence-corrected chi connectivity index (χ1v) is 9.64. The predicted octanol–water partition coefficient (Wildman–Crippen LogP) is 2.32. The summed E-state index contributed by atoms with van der Waals surface area (Å²) in [5.74, 6) is 3.57. The summed E-state index contributed by atoms with van der Waals surface area (Å²) in [4.78, 5) is 14.5. The highest BCUT2D eigenvalue weighted by molar-refractivity contribution is 7.99. The van der Waals surface area contributed by atoms with E-state index < -0.39 is 0 Å². The molecule has 2 aliphatic rings. The maximum atomic E-state index is 12.5. The molecule has 0 aromatic heterocycles. The van der Waals surface area contributed by atoms with Gasteiger partial charge in [-0.05, 0) is 42.7 Å². The van der Waals surface area contributed by atoms with Crippen LogP contribution in [0.25, 0.3) is 0 Å². The summed E-state index contributed by atoms with van der Waals surface area (Å²) in [7, 11) is 1.65. The van der Waals surface area contributed by atoms with Crippen molar-refractivity contribution in [3.05, 3.63) is 29.8 Å². The van der Waals surface area contributed by atoms with Crippen LogP contribution < -0.4 is 10.1 Å². The van der Waals surface area contributed by atoms with Crippen molar-refractivity contribution in [2.45, 2.75) is 37.8 Å². The number of likely N-dealkylation sites (tertiary alicyclic amines) is 1. The lowest BCUT2D eigenvalue weighted by molar-refractivity contribution is -0.131. The van der Waals surface area contributed by atoms with E-state index in [4.69, 9.17) is 4.74 Å². The number of thioether (sulfide) groups is 1. The molecule has 23 heavy (non-hydrogen) atoms. The number of piperidine rings is 1. The topological polar surface area (TPSA) is 41.6 Å². The molecule has 3 rings (SSSR count). The van der Waals surface area contributed by atoms with E-state index >= 15 is 0 Å². The molecule has 0 radical (unpaired) electrons. The third kappa shape index (κ3) is 4.64. The zero-order chi connectivity index (χ0) is 16.1. The van der Waals surface area contributed by atoms with Gasteiger partial charge in [-0.15, -0.1) is 0 Å².